The quantitative estimate of drug-likeness (QED) is 0.753. The third kappa shape index (κ3) is 3.05. The van der Waals surface area contributed by atoms with Crippen molar-refractivity contribution >= 4 is 34.6 Å². The molecule has 1 unspecified atom stereocenters. The molecule has 1 saturated heterocycles. The van der Waals surface area contributed by atoms with Crippen LogP contribution in [0.2, 0.25) is 0 Å². The number of carboxylic acids is 1. The number of aliphatic carboxylic acids is 1. The molecule has 0 spiro atoms. The van der Waals surface area contributed by atoms with Gasteiger partial charge in [0.25, 0.3) is 0 Å². The van der Waals surface area contributed by atoms with E-state index >= 15 is 0 Å². The molecule has 1 aliphatic heterocycles. The predicted octanol–water partition coefficient (Wildman–Crippen LogP) is 1.03. The van der Waals surface area contributed by atoms with Gasteiger partial charge in [0.2, 0.25) is 0 Å². The molecule has 0 radical (unpaired) electrons. The lowest BCUT2D eigenvalue weighted by atomic mass is 9.90. The van der Waals surface area contributed by atoms with Gasteiger partial charge in [-0.2, -0.15) is 5.10 Å². The molecule has 2 heterocycles. The predicted molar refractivity (Wildman–Crippen MR) is 80.1 cm³/mol. The number of hydrogen-bond donors (Lipinski definition) is 2. The minimum absolute atomic E-state index is 0.239. The van der Waals surface area contributed by atoms with Crippen molar-refractivity contribution in [3.05, 3.63) is 15.5 Å². The van der Waals surface area contributed by atoms with Gasteiger partial charge < -0.3 is 15.3 Å². The average Bonchev–Trinajstić information content (AvgIpc) is 2.91. The van der Waals surface area contributed by atoms with Crippen molar-refractivity contribution in [2.45, 2.75) is 19.9 Å². The first-order valence-electron chi connectivity index (χ1n) is 6.26. The molecule has 1 aromatic heterocycles. The highest BCUT2D eigenvalue weighted by atomic mass is 127. The van der Waals surface area contributed by atoms with Gasteiger partial charge in [-0.05, 0) is 35.9 Å². The second-order valence-corrected chi connectivity index (χ2v) is 6.46. The summed E-state index contributed by atoms with van der Waals surface area (Å²) in [6.07, 6.45) is 2.36. The van der Waals surface area contributed by atoms with Crippen molar-refractivity contribution in [3.8, 4) is 0 Å². The Kier molecular flexibility index (Phi) is 4.21. The zero-order valence-corrected chi connectivity index (χ0v) is 13.5. The molecule has 110 valence electrons. The van der Waals surface area contributed by atoms with Gasteiger partial charge in [-0.25, -0.2) is 4.79 Å². The number of aromatic nitrogens is 2. The van der Waals surface area contributed by atoms with Crippen LogP contribution in [0.3, 0.4) is 0 Å². The number of rotatable bonds is 3. The Bertz CT molecular complexity index is 545. The third-order valence-electron chi connectivity index (χ3n) is 3.54. The first-order chi connectivity index (χ1) is 9.32. The largest absolute Gasteiger partial charge is 0.481 e. The summed E-state index contributed by atoms with van der Waals surface area (Å²) in [7, 11) is 1.83. The van der Waals surface area contributed by atoms with E-state index in [4.69, 9.17) is 5.11 Å². The van der Waals surface area contributed by atoms with E-state index in [0.717, 1.165) is 9.26 Å². The molecule has 0 saturated carbocycles. The monoisotopic (exact) mass is 392 g/mol. The Hall–Kier alpha value is -1.32. The molecule has 0 bridgehead atoms. The zero-order chi connectivity index (χ0) is 14.9. The number of urea groups is 1. The lowest BCUT2D eigenvalue weighted by Gasteiger charge is -2.20. The molecular formula is C12H17IN4O3. The SMILES string of the molecule is Cn1cc(I)c(CNC(=O)N2CCC(C)(C(=O)O)C2)n1. The molecule has 1 atom stereocenters. The van der Waals surface area contributed by atoms with Crippen molar-refractivity contribution in [2.75, 3.05) is 13.1 Å². The van der Waals surface area contributed by atoms with Gasteiger partial charge >= 0.3 is 12.0 Å². The highest BCUT2D eigenvalue weighted by Crippen LogP contribution is 2.29. The van der Waals surface area contributed by atoms with Gasteiger partial charge in [0.15, 0.2) is 0 Å². The molecular weight excluding hydrogens is 375 g/mol. The topological polar surface area (TPSA) is 87.5 Å². The number of carboxylic acid groups (broad SMARTS) is 1. The summed E-state index contributed by atoms with van der Waals surface area (Å²) in [4.78, 5) is 24.7. The Labute approximate surface area is 130 Å². The van der Waals surface area contributed by atoms with Gasteiger partial charge in [-0.3, -0.25) is 9.48 Å². The second-order valence-electron chi connectivity index (χ2n) is 5.29. The molecule has 1 fully saturated rings. The highest BCUT2D eigenvalue weighted by Gasteiger charge is 2.42. The van der Waals surface area contributed by atoms with Crippen LogP contribution < -0.4 is 5.32 Å². The Morgan fingerprint density at radius 2 is 2.30 bits per heavy atom. The van der Waals surface area contributed by atoms with Gasteiger partial charge in [-0.1, -0.05) is 0 Å². The number of carbonyl (C=O) groups excluding carboxylic acids is 1. The molecule has 7 nitrogen and oxygen atoms in total. The molecule has 1 aromatic rings. The number of carbonyl (C=O) groups is 2. The Morgan fingerprint density at radius 3 is 2.80 bits per heavy atom. The maximum Gasteiger partial charge on any atom is 0.317 e. The van der Waals surface area contributed by atoms with E-state index in [1.54, 1.807) is 16.5 Å². The van der Waals surface area contributed by atoms with Crippen LogP contribution in [0, 0.1) is 8.99 Å². The number of likely N-dealkylation sites (tertiary alicyclic amines) is 1. The fourth-order valence-electron chi connectivity index (χ4n) is 2.21. The fourth-order valence-corrected chi connectivity index (χ4v) is 2.91. The molecule has 2 N–H and O–H groups in total. The molecule has 2 rings (SSSR count). The minimum atomic E-state index is -0.855. The smallest absolute Gasteiger partial charge is 0.317 e. The van der Waals surface area contributed by atoms with Crippen LogP contribution >= 0.6 is 22.6 Å². The van der Waals surface area contributed by atoms with Crippen LogP contribution in [-0.4, -0.2) is 44.9 Å². The summed E-state index contributed by atoms with van der Waals surface area (Å²) in [5.41, 5.74) is -0.0295. The van der Waals surface area contributed by atoms with Gasteiger partial charge in [0.1, 0.15) is 0 Å². The average molecular weight is 392 g/mol. The highest BCUT2D eigenvalue weighted by molar-refractivity contribution is 14.1. The first kappa shape index (κ1) is 15.1. The molecule has 0 aromatic carbocycles. The number of halogens is 1. The lowest BCUT2D eigenvalue weighted by molar-refractivity contribution is -0.146. The maximum atomic E-state index is 12.0. The van der Waals surface area contributed by atoms with Crippen LogP contribution in [0.15, 0.2) is 6.20 Å². The van der Waals surface area contributed by atoms with E-state index in [1.807, 2.05) is 13.2 Å². The molecule has 20 heavy (non-hydrogen) atoms. The Balaban J connectivity index is 1.91. The van der Waals surface area contributed by atoms with Crippen molar-refractivity contribution in [3.63, 3.8) is 0 Å². The summed E-state index contributed by atoms with van der Waals surface area (Å²) in [6.45, 7) is 2.73. The van der Waals surface area contributed by atoms with Crippen LogP contribution in [0.25, 0.3) is 0 Å². The van der Waals surface area contributed by atoms with Crippen LogP contribution in [0.1, 0.15) is 19.0 Å². The number of aryl methyl sites for hydroxylation is 1. The van der Waals surface area contributed by atoms with Gasteiger partial charge in [-0.15, -0.1) is 0 Å². The summed E-state index contributed by atoms with van der Waals surface area (Å²) < 4.78 is 2.68. The van der Waals surface area contributed by atoms with Crippen molar-refractivity contribution in [1.29, 1.82) is 0 Å². The van der Waals surface area contributed by atoms with E-state index in [1.165, 1.54) is 0 Å². The van der Waals surface area contributed by atoms with Gasteiger partial charge in [0, 0.05) is 26.3 Å². The molecule has 1 aliphatic rings. The minimum Gasteiger partial charge on any atom is -0.481 e. The fraction of sp³-hybridized carbons (Fsp3) is 0.583. The second kappa shape index (κ2) is 5.58. The first-order valence-corrected chi connectivity index (χ1v) is 7.34. The molecule has 0 aliphatic carbocycles. The summed E-state index contributed by atoms with van der Waals surface area (Å²) in [5.74, 6) is -0.855. The van der Waals surface area contributed by atoms with Crippen LogP contribution in [-0.2, 0) is 18.4 Å². The lowest BCUT2D eigenvalue weighted by Crippen LogP contribution is -2.40. The summed E-state index contributed by atoms with van der Waals surface area (Å²) in [5, 5.41) is 16.2. The van der Waals surface area contributed by atoms with Crippen molar-refractivity contribution in [2.24, 2.45) is 12.5 Å². The Morgan fingerprint density at radius 1 is 1.60 bits per heavy atom. The van der Waals surface area contributed by atoms with E-state index in [0.29, 0.717) is 19.5 Å². The number of nitrogens with zero attached hydrogens (tertiary/aromatic N) is 3. The standard InChI is InChI=1S/C12H17IN4O3/c1-12(10(18)19)3-4-17(7-12)11(20)14-5-9-8(13)6-16(2)15-9/h6H,3-5,7H2,1-2H3,(H,14,20)(H,18,19). The maximum absolute atomic E-state index is 12.0. The molecule has 8 heteroatoms. The van der Waals surface area contributed by atoms with E-state index in [-0.39, 0.29) is 12.6 Å². The summed E-state index contributed by atoms with van der Waals surface area (Å²) >= 11 is 2.16. The number of amides is 2. The zero-order valence-electron chi connectivity index (χ0n) is 11.4. The number of hydrogen-bond acceptors (Lipinski definition) is 3. The third-order valence-corrected chi connectivity index (χ3v) is 4.44. The number of nitrogens with one attached hydrogen (secondary N) is 1. The van der Waals surface area contributed by atoms with E-state index < -0.39 is 11.4 Å². The van der Waals surface area contributed by atoms with Crippen LogP contribution in [0.5, 0.6) is 0 Å². The van der Waals surface area contributed by atoms with E-state index in [9.17, 15) is 9.59 Å². The van der Waals surface area contributed by atoms with Crippen molar-refractivity contribution in [1.82, 2.24) is 20.0 Å². The van der Waals surface area contributed by atoms with Gasteiger partial charge in [0.05, 0.1) is 21.2 Å². The van der Waals surface area contributed by atoms with E-state index in [2.05, 4.69) is 33.0 Å². The normalized spacial score (nSPS) is 22.1. The van der Waals surface area contributed by atoms with Crippen LogP contribution in [0.4, 0.5) is 4.79 Å². The van der Waals surface area contributed by atoms with Crippen molar-refractivity contribution < 1.29 is 14.7 Å². The molecule has 2 amide bonds. The summed E-state index contributed by atoms with van der Waals surface area (Å²) in [6, 6.07) is -0.239.